The molecule has 1 unspecified atom stereocenters. The molecule has 1 aliphatic rings. The molecule has 0 bridgehead atoms. The van der Waals surface area contributed by atoms with Crippen LogP contribution in [0.15, 0.2) is 29.5 Å². The zero-order chi connectivity index (χ0) is 15.2. The van der Waals surface area contributed by atoms with Crippen LogP contribution in [0.4, 0.5) is 0 Å². The van der Waals surface area contributed by atoms with Gasteiger partial charge in [0.15, 0.2) is 5.96 Å². The van der Waals surface area contributed by atoms with E-state index in [9.17, 15) is 0 Å². The molecule has 0 saturated carbocycles. The maximum absolute atomic E-state index is 4.31. The highest BCUT2D eigenvalue weighted by Gasteiger charge is 2.17. The fourth-order valence-electron chi connectivity index (χ4n) is 2.53. The molecular formula is C15H26N6. The molecule has 0 amide bonds. The molecule has 1 aliphatic carbocycles. The predicted molar refractivity (Wildman–Crippen MR) is 86.3 cm³/mol. The van der Waals surface area contributed by atoms with Crippen molar-refractivity contribution in [2.24, 2.45) is 12.0 Å². The number of aryl methyl sites for hydroxylation is 1. The van der Waals surface area contributed by atoms with E-state index in [0.29, 0.717) is 6.04 Å². The third kappa shape index (κ3) is 4.32. The number of aliphatic imine (C=N–C) groups is 1. The summed E-state index contributed by atoms with van der Waals surface area (Å²) in [5.74, 6) is 0.861. The Balaban J connectivity index is 1.91. The fraction of sp³-hybridized carbons (Fsp3) is 0.600. The van der Waals surface area contributed by atoms with E-state index in [0.717, 1.165) is 25.3 Å². The van der Waals surface area contributed by atoms with Crippen molar-refractivity contribution < 1.29 is 0 Å². The maximum Gasteiger partial charge on any atom is 0.191 e. The van der Waals surface area contributed by atoms with Crippen LogP contribution in [0, 0.1) is 0 Å². The number of likely N-dealkylation sites (N-methyl/N-ethyl adjacent to an activating group) is 1. The Labute approximate surface area is 126 Å². The van der Waals surface area contributed by atoms with Crippen LogP contribution in [0.1, 0.15) is 24.4 Å². The highest BCUT2D eigenvalue weighted by Crippen LogP contribution is 2.16. The standard InChI is InChI=1S/C15H26N6/c1-16-15(19-13-7-5-6-8-13)17-10-14(20(2)3)12-9-18-21(4)11-12/h5-6,9,11,13-14H,7-8,10H2,1-4H3,(H2,16,17,19). The molecule has 0 spiro atoms. The summed E-state index contributed by atoms with van der Waals surface area (Å²) < 4.78 is 1.84. The van der Waals surface area contributed by atoms with E-state index in [-0.39, 0.29) is 6.04 Å². The molecule has 6 nitrogen and oxygen atoms in total. The molecule has 0 saturated heterocycles. The Morgan fingerprint density at radius 1 is 1.48 bits per heavy atom. The number of nitrogens with one attached hydrogen (secondary N) is 2. The van der Waals surface area contributed by atoms with Crippen LogP contribution in [0.25, 0.3) is 0 Å². The SMILES string of the molecule is CN=C(NCC(c1cnn(C)c1)N(C)C)NC1CC=CC1. The smallest absolute Gasteiger partial charge is 0.191 e. The Hall–Kier alpha value is -1.82. The summed E-state index contributed by atoms with van der Waals surface area (Å²) in [5.41, 5.74) is 1.20. The summed E-state index contributed by atoms with van der Waals surface area (Å²) in [5, 5.41) is 11.1. The van der Waals surface area contributed by atoms with Crippen molar-refractivity contribution >= 4 is 5.96 Å². The van der Waals surface area contributed by atoms with Crippen molar-refractivity contribution in [3.05, 3.63) is 30.1 Å². The van der Waals surface area contributed by atoms with Crippen molar-refractivity contribution in [3.8, 4) is 0 Å². The lowest BCUT2D eigenvalue weighted by Crippen LogP contribution is -2.45. The van der Waals surface area contributed by atoms with Crippen LogP contribution in [0.5, 0.6) is 0 Å². The highest BCUT2D eigenvalue weighted by atomic mass is 15.3. The molecule has 0 aromatic carbocycles. The minimum atomic E-state index is 0.263. The lowest BCUT2D eigenvalue weighted by molar-refractivity contribution is 0.298. The van der Waals surface area contributed by atoms with E-state index in [2.05, 4.69) is 58.1 Å². The molecule has 6 heteroatoms. The second-order valence-corrected chi connectivity index (χ2v) is 5.66. The normalized spacial score (nSPS) is 17.5. The van der Waals surface area contributed by atoms with Gasteiger partial charge in [-0.1, -0.05) is 12.2 Å². The zero-order valence-electron chi connectivity index (χ0n) is 13.4. The number of hydrogen-bond acceptors (Lipinski definition) is 3. The number of hydrogen-bond donors (Lipinski definition) is 2. The Morgan fingerprint density at radius 3 is 2.71 bits per heavy atom. The van der Waals surface area contributed by atoms with Crippen molar-refractivity contribution in [2.45, 2.75) is 24.9 Å². The molecule has 1 aromatic rings. The average molecular weight is 290 g/mol. The van der Waals surface area contributed by atoms with E-state index in [1.165, 1.54) is 5.56 Å². The second-order valence-electron chi connectivity index (χ2n) is 5.66. The summed E-state index contributed by atoms with van der Waals surface area (Å²) in [6, 6.07) is 0.728. The van der Waals surface area contributed by atoms with Crippen molar-refractivity contribution in [1.82, 2.24) is 25.3 Å². The molecule has 0 radical (unpaired) electrons. The van der Waals surface area contributed by atoms with Gasteiger partial charge in [0.2, 0.25) is 0 Å². The van der Waals surface area contributed by atoms with Crippen LogP contribution in [-0.4, -0.2) is 54.4 Å². The van der Waals surface area contributed by atoms with Gasteiger partial charge >= 0.3 is 0 Å². The lowest BCUT2D eigenvalue weighted by Gasteiger charge is -2.25. The highest BCUT2D eigenvalue weighted by molar-refractivity contribution is 5.80. The summed E-state index contributed by atoms with van der Waals surface area (Å²) >= 11 is 0. The summed E-state index contributed by atoms with van der Waals surface area (Å²) in [6.45, 7) is 0.790. The van der Waals surface area contributed by atoms with Gasteiger partial charge in [0.25, 0.3) is 0 Å². The first kappa shape index (κ1) is 15.6. The van der Waals surface area contributed by atoms with Gasteiger partial charge in [-0.3, -0.25) is 9.67 Å². The second kappa shape index (κ2) is 7.26. The minimum absolute atomic E-state index is 0.263. The molecule has 1 atom stereocenters. The number of aromatic nitrogens is 2. The number of nitrogens with zero attached hydrogens (tertiary/aromatic N) is 4. The molecule has 1 aromatic heterocycles. The van der Waals surface area contributed by atoms with Gasteiger partial charge in [-0.05, 0) is 26.9 Å². The summed E-state index contributed by atoms with van der Waals surface area (Å²) in [7, 11) is 7.91. The Morgan fingerprint density at radius 2 is 2.19 bits per heavy atom. The van der Waals surface area contributed by atoms with Gasteiger partial charge in [-0.15, -0.1) is 0 Å². The molecular weight excluding hydrogens is 264 g/mol. The molecule has 116 valence electrons. The molecule has 0 aliphatic heterocycles. The fourth-order valence-corrected chi connectivity index (χ4v) is 2.53. The minimum Gasteiger partial charge on any atom is -0.354 e. The van der Waals surface area contributed by atoms with E-state index in [4.69, 9.17) is 0 Å². The van der Waals surface area contributed by atoms with Gasteiger partial charge in [-0.25, -0.2) is 0 Å². The first-order valence-corrected chi connectivity index (χ1v) is 7.37. The van der Waals surface area contributed by atoms with Gasteiger partial charge < -0.3 is 15.5 Å². The average Bonchev–Trinajstić information content (AvgIpc) is 3.09. The molecule has 2 rings (SSSR count). The Bertz CT molecular complexity index is 494. The topological polar surface area (TPSA) is 57.5 Å². The van der Waals surface area contributed by atoms with Crippen LogP contribution in [-0.2, 0) is 7.05 Å². The van der Waals surface area contributed by atoms with Crippen LogP contribution >= 0.6 is 0 Å². The number of rotatable bonds is 5. The third-order valence-corrected chi connectivity index (χ3v) is 3.77. The van der Waals surface area contributed by atoms with Crippen molar-refractivity contribution in [3.63, 3.8) is 0 Å². The van der Waals surface area contributed by atoms with E-state index in [1.807, 2.05) is 25.0 Å². The lowest BCUT2D eigenvalue weighted by atomic mass is 10.1. The largest absolute Gasteiger partial charge is 0.354 e. The predicted octanol–water partition coefficient (Wildman–Crippen LogP) is 0.906. The van der Waals surface area contributed by atoms with Gasteiger partial charge in [0.05, 0.1) is 12.2 Å². The molecule has 2 N–H and O–H groups in total. The van der Waals surface area contributed by atoms with Crippen LogP contribution < -0.4 is 10.6 Å². The molecule has 0 fully saturated rings. The first-order chi connectivity index (χ1) is 10.1. The van der Waals surface area contributed by atoms with E-state index >= 15 is 0 Å². The van der Waals surface area contributed by atoms with Crippen molar-refractivity contribution in [2.75, 3.05) is 27.7 Å². The third-order valence-electron chi connectivity index (χ3n) is 3.77. The van der Waals surface area contributed by atoms with Gasteiger partial charge in [0.1, 0.15) is 0 Å². The van der Waals surface area contributed by atoms with Crippen molar-refractivity contribution in [1.29, 1.82) is 0 Å². The first-order valence-electron chi connectivity index (χ1n) is 7.37. The zero-order valence-corrected chi connectivity index (χ0v) is 13.4. The van der Waals surface area contributed by atoms with E-state index < -0.39 is 0 Å². The maximum atomic E-state index is 4.31. The van der Waals surface area contributed by atoms with Gasteiger partial charge in [-0.2, -0.15) is 5.10 Å². The van der Waals surface area contributed by atoms with Crippen LogP contribution in [0.2, 0.25) is 0 Å². The van der Waals surface area contributed by atoms with E-state index in [1.54, 1.807) is 0 Å². The monoisotopic (exact) mass is 290 g/mol. The number of guanidine groups is 1. The van der Waals surface area contributed by atoms with Crippen LogP contribution in [0.3, 0.4) is 0 Å². The van der Waals surface area contributed by atoms with Gasteiger partial charge in [0, 0.05) is 38.4 Å². The molecule has 1 heterocycles. The Kier molecular flexibility index (Phi) is 5.38. The summed E-state index contributed by atoms with van der Waals surface area (Å²) in [4.78, 5) is 6.50. The quantitative estimate of drug-likeness (QED) is 0.481. The molecule has 21 heavy (non-hydrogen) atoms. The summed E-state index contributed by atoms with van der Waals surface area (Å²) in [6.07, 6.45) is 10.5.